The lowest BCUT2D eigenvalue weighted by molar-refractivity contribution is -0.132. The molecule has 0 radical (unpaired) electrons. The van der Waals surface area contributed by atoms with Gasteiger partial charge in [-0.3, -0.25) is 14.5 Å². The number of Topliss-reactive ketones (excluding diaryl/α,β-unsaturated/α-hetero) is 1. The third-order valence-electron chi connectivity index (χ3n) is 4.75. The Morgan fingerprint density at radius 1 is 1.13 bits per heavy atom. The van der Waals surface area contributed by atoms with Crippen molar-refractivity contribution >= 4 is 33.9 Å². The summed E-state index contributed by atoms with van der Waals surface area (Å²) in [4.78, 5) is 27.0. The maximum absolute atomic E-state index is 14.0. The van der Waals surface area contributed by atoms with Crippen molar-refractivity contribution in [3.8, 4) is 5.75 Å². The molecule has 2 aromatic carbocycles. The number of ether oxygens (including phenoxy) is 1. The lowest BCUT2D eigenvalue weighted by atomic mass is 9.95. The molecule has 0 aliphatic carbocycles. The van der Waals surface area contributed by atoms with E-state index in [4.69, 9.17) is 4.74 Å². The summed E-state index contributed by atoms with van der Waals surface area (Å²) in [7, 11) is 1.32. The van der Waals surface area contributed by atoms with Gasteiger partial charge in [-0.2, -0.15) is 0 Å². The molecule has 2 heterocycles. The molecule has 4 rings (SSSR count). The van der Waals surface area contributed by atoms with Gasteiger partial charge in [0, 0.05) is 0 Å². The van der Waals surface area contributed by atoms with Crippen LogP contribution in [0.2, 0.25) is 0 Å². The lowest BCUT2D eigenvalue weighted by Crippen LogP contribution is -2.29. The molecule has 31 heavy (non-hydrogen) atoms. The molecular formula is C21H15F2N3O4S. The standard InChI is InChI=1S/C21H15F2N3O4S/c1-10-24-25-21(31-10)26-17(11-4-3-5-12(22)8-11)16(19(28)20(26)29)18(27)14-9-13(23)6-7-15(14)30-2/h3-9,17,27H,1-2H3/b18-16+. The number of aryl methyl sites for hydroxylation is 1. The Labute approximate surface area is 179 Å². The number of aliphatic hydroxyl groups excluding tert-OH is 1. The molecule has 10 heteroatoms. The van der Waals surface area contributed by atoms with Crippen LogP contribution in [0.15, 0.2) is 48.0 Å². The van der Waals surface area contributed by atoms with E-state index in [0.29, 0.717) is 5.01 Å². The highest BCUT2D eigenvalue weighted by atomic mass is 32.1. The zero-order valence-corrected chi connectivity index (χ0v) is 17.1. The number of methoxy groups -OCH3 is 1. The van der Waals surface area contributed by atoms with Gasteiger partial charge in [-0.05, 0) is 42.8 Å². The largest absolute Gasteiger partial charge is 0.507 e. The third kappa shape index (κ3) is 3.55. The van der Waals surface area contributed by atoms with Crippen LogP contribution in [-0.2, 0) is 9.59 Å². The second kappa shape index (κ2) is 7.88. The van der Waals surface area contributed by atoms with Crippen molar-refractivity contribution in [1.29, 1.82) is 0 Å². The number of benzene rings is 2. The van der Waals surface area contributed by atoms with Crippen LogP contribution in [0.3, 0.4) is 0 Å². The maximum Gasteiger partial charge on any atom is 0.301 e. The molecule has 1 aromatic heterocycles. The quantitative estimate of drug-likeness (QED) is 0.375. The Bertz CT molecular complexity index is 1240. The molecule has 158 valence electrons. The Morgan fingerprint density at radius 2 is 1.87 bits per heavy atom. The SMILES string of the molecule is COc1ccc(F)cc1/C(O)=C1\C(=O)C(=O)N(c2nnc(C)s2)C1c1cccc(F)c1. The Balaban J connectivity index is 1.99. The van der Waals surface area contributed by atoms with Crippen molar-refractivity contribution in [2.45, 2.75) is 13.0 Å². The summed E-state index contributed by atoms with van der Waals surface area (Å²) in [6.45, 7) is 1.67. The number of nitrogens with zero attached hydrogens (tertiary/aromatic N) is 3. The topological polar surface area (TPSA) is 92.6 Å². The van der Waals surface area contributed by atoms with E-state index in [1.54, 1.807) is 6.92 Å². The summed E-state index contributed by atoms with van der Waals surface area (Å²) < 4.78 is 33.1. The van der Waals surface area contributed by atoms with E-state index in [9.17, 15) is 23.5 Å². The molecule has 1 fully saturated rings. The molecule has 3 aromatic rings. The first-order valence-electron chi connectivity index (χ1n) is 9.02. The van der Waals surface area contributed by atoms with Crippen LogP contribution in [-0.4, -0.2) is 34.1 Å². The van der Waals surface area contributed by atoms with Gasteiger partial charge in [-0.15, -0.1) is 10.2 Å². The highest BCUT2D eigenvalue weighted by Crippen LogP contribution is 2.44. The second-order valence-corrected chi connectivity index (χ2v) is 7.83. The smallest absolute Gasteiger partial charge is 0.301 e. The number of ketones is 1. The van der Waals surface area contributed by atoms with Crippen molar-refractivity contribution in [3.63, 3.8) is 0 Å². The summed E-state index contributed by atoms with van der Waals surface area (Å²) in [5.74, 6) is -3.82. The van der Waals surface area contributed by atoms with E-state index in [2.05, 4.69) is 10.2 Å². The zero-order chi connectivity index (χ0) is 22.3. The van der Waals surface area contributed by atoms with Crippen molar-refractivity contribution in [2.24, 2.45) is 0 Å². The minimum absolute atomic E-state index is 0.0925. The number of aliphatic hydroxyl groups is 1. The lowest BCUT2D eigenvalue weighted by Gasteiger charge is -2.22. The van der Waals surface area contributed by atoms with Crippen molar-refractivity contribution < 1.29 is 28.2 Å². The molecule has 0 spiro atoms. The fraction of sp³-hybridized carbons (Fsp3) is 0.143. The number of hydrogen-bond acceptors (Lipinski definition) is 7. The van der Waals surface area contributed by atoms with E-state index >= 15 is 0 Å². The predicted octanol–water partition coefficient (Wildman–Crippen LogP) is 3.76. The van der Waals surface area contributed by atoms with E-state index in [1.807, 2.05) is 0 Å². The molecule has 1 unspecified atom stereocenters. The number of carbonyl (C=O) groups is 2. The Kier molecular flexibility index (Phi) is 5.24. The van der Waals surface area contributed by atoms with Crippen LogP contribution in [0.5, 0.6) is 5.75 Å². The molecular weight excluding hydrogens is 428 g/mol. The number of rotatable bonds is 4. The first kappa shape index (κ1) is 20.6. The fourth-order valence-corrected chi connectivity index (χ4v) is 4.13. The van der Waals surface area contributed by atoms with Crippen LogP contribution in [0, 0.1) is 18.6 Å². The van der Waals surface area contributed by atoms with Crippen molar-refractivity contribution in [3.05, 3.63) is 75.8 Å². The van der Waals surface area contributed by atoms with Gasteiger partial charge in [-0.25, -0.2) is 8.78 Å². The summed E-state index contributed by atoms with van der Waals surface area (Å²) in [5.41, 5.74) is -0.230. The highest BCUT2D eigenvalue weighted by Gasteiger charge is 2.48. The number of carbonyl (C=O) groups excluding carboxylic acids is 2. The molecule has 1 aliphatic heterocycles. The van der Waals surface area contributed by atoms with Gasteiger partial charge in [0.15, 0.2) is 0 Å². The predicted molar refractivity (Wildman–Crippen MR) is 109 cm³/mol. The minimum Gasteiger partial charge on any atom is -0.507 e. The normalized spacial score (nSPS) is 17.9. The molecule has 1 aliphatic rings. The average molecular weight is 443 g/mol. The van der Waals surface area contributed by atoms with E-state index < -0.39 is 35.1 Å². The average Bonchev–Trinajstić information content (AvgIpc) is 3.28. The summed E-state index contributed by atoms with van der Waals surface area (Å²) in [5, 5.41) is 19.5. The van der Waals surface area contributed by atoms with E-state index in [1.165, 1.54) is 31.4 Å². The Hall–Kier alpha value is -3.66. The van der Waals surface area contributed by atoms with E-state index in [0.717, 1.165) is 34.4 Å². The summed E-state index contributed by atoms with van der Waals surface area (Å²) >= 11 is 1.06. The molecule has 1 N–H and O–H groups in total. The number of anilines is 1. The summed E-state index contributed by atoms with van der Waals surface area (Å²) in [6, 6.07) is 7.48. The van der Waals surface area contributed by atoms with Gasteiger partial charge >= 0.3 is 5.91 Å². The minimum atomic E-state index is -1.20. The Morgan fingerprint density at radius 3 is 2.52 bits per heavy atom. The first-order valence-corrected chi connectivity index (χ1v) is 9.84. The van der Waals surface area contributed by atoms with Crippen LogP contribution in [0.1, 0.15) is 22.2 Å². The van der Waals surface area contributed by atoms with Crippen molar-refractivity contribution in [1.82, 2.24) is 10.2 Å². The molecule has 1 amide bonds. The number of amides is 1. The van der Waals surface area contributed by atoms with Gasteiger partial charge in [0.1, 0.15) is 28.2 Å². The number of hydrogen-bond donors (Lipinski definition) is 1. The van der Waals surface area contributed by atoms with E-state index in [-0.39, 0.29) is 27.6 Å². The zero-order valence-electron chi connectivity index (χ0n) is 16.3. The number of halogens is 2. The molecule has 1 saturated heterocycles. The third-order valence-corrected chi connectivity index (χ3v) is 5.58. The van der Waals surface area contributed by atoms with Gasteiger partial charge in [0.25, 0.3) is 5.78 Å². The van der Waals surface area contributed by atoms with Crippen LogP contribution in [0.25, 0.3) is 5.76 Å². The van der Waals surface area contributed by atoms with Gasteiger partial charge in [0.05, 0.1) is 24.3 Å². The monoisotopic (exact) mass is 443 g/mol. The van der Waals surface area contributed by atoms with Crippen LogP contribution < -0.4 is 9.64 Å². The second-order valence-electron chi connectivity index (χ2n) is 6.67. The van der Waals surface area contributed by atoms with Gasteiger partial charge < -0.3 is 9.84 Å². The molecule has 0 bridgehead atoms. The maximum atomic E-state index is 14.0. The molecule has 0 saturated carbocycles. The highest BCUT2D eigenvalue weighted by molar-refractivity contribution is 7.15. The molecule has 7 nitrogen and oxygen atoms in total. The van der Waals surface area contributed by atoms with Gasteiger partial charge in [-0.1, -0.05) is 23.5 Å². The fourth-order valence-electron chi connectivity index (χ4n) is 3.42. The van der Waals surface area contributed by atoms with Crippen LogP contribution >= 0.6 is 11.3 Å². The summed E-state index contributed by atoms with van der Waals surface area (Å²) in [6.07, 6.45) is 0. The van der Waals surface area contributed by atoms with Gasteiger partial charge in [0.2, 0.25) is 5.13 Å². The van der Waals surface area contributed by atoms with Crippen LogP contribution in [0.4, 0.5) is 13.9 Å². The van der Waals surface area contributed by atoms with Crippen molar-refractivity contribution in [2.75, 3.05) is 12.0 Å². The first-order chi connectivity index (χ1) is 14.8. The number of aromatic nitrogens is 2. The molecule has 1 atom stereocenters.